The van der Waals surface area contributed by atoms with Gasteiger partial charge in [-0.25, -0.2) is 4.99 Å². The maximum absolute atomic E-state index is 6.39. The van der Waals surface area contributed by atoms with Crippen LogP contribution in [0.4, 0.5) is 0 Å². The van der Waals surface area contributed by atoms with Crippen molar-refractivity contribution in [2.75, 3.05) is 0 Å². The molecule has 11 rings (SSSR count). The molecular weight excluding hydrogens is 653 g/mol. The summed E-state index contributed by atoms with van der Waals surface area (Å²) in [5.74, 6) is 3.08. The van der Waals surface area contributed by atoms with E-state index in [1.807, 2.05) is 18.2 Å². The lowest BCUT2D eigenvalue weighted by Gasteiger charge is -2.14. The van der Waals surface area contributed by atoms with Gasteiger partial charge in [-0.05, 0) is 71.5 Å². The quantitative estimate of drug-likeness (QED) is 0.171. The summed E-state index contributed by atoms with van der Waals surface area (Å²) >= 11 is 1.76. The zero-order valence-electron chi connectivity index (χ0n) is 27.9. The topological polar surface area (TPSA) is 30.4 Å². The molecule has 0 atom stereocenters. The summed E-state index contributed by atoms with van der Waals surface area (Å²) in [7, 11) is 0. The van der Waals surface area contributed by atoms with Crippen LogP contribution in [0.15, 0.2) is 155 Å². The minimum atomic E-state index is 0.772. The van der Waals surface area contributed by atoms with E-state index in [0.29, 0.717) is 0 Å². The number of hydrogen-bond donors (Lipinski definition) is 0. The maximum atomic E-state index is 6.39. The Kier molecular flexibility index (Phi) is 6.25. The summed E-state index contributed by atoms with van der Waals surface area (Å²) in [6.07, 6.45) is 9.52. The van der Waals surface area contributed by atoms with E-state index in [9.17, 15) is 0 Å². The number of allylic oxidation sites excluding steroid dienone is 1. The molecule has 52 heavy (non-hydrogen) atoms. The molecule has 0 fully saturated rings. The normalized spacial score (nSPS) is 13.1. The third-order valence-electron chi connectivity index (χ3n) is 10.6. The van der Waals surface area contributed by atoms with Gasteiger partial charge in [-0.2, -0.15) is 0 Å². The second-order valence-electron chi connectivity index (χ2n) is 13.4. The monoisotopic (exact) mass is 680 g/mol. The molecule has 4 heterocycles. The molecule has 3 aromatic heterocycles. The van der Waals surface area contributed by atoms with Gasteiger partial charge in [0.05, 0.1) is 28.0 Å². The lowest BCUT2D eigenvalue weighted by atomic mass is 9.95. The largest absolute Gasteiger partial charge is 0.456 e. The van der Waals surface area contributed by atoms with E-state index in [1.54, 1.807) is 11.3 Å². The number of terminal acetylenes is 1. The molecule has 0 saturated heterocycles. The molecule has 0 amide bonds. The molecule has 7 aromatic carbocycles. The van der Waals surface area contributed by atoms with Crippen LogP contribution in [0.1, 0.15) is 23.1 Å². The molecule has 3 nitrogen and oxygen atoms in total. The van der Waals surface area contributed by atoms with Crippen molar-refractivity contribution in [1.29, 1.82) is 0 Å². The molecule has 4 heteroatoms. The van der Waals surface area contributed by atoms with E-state index < -0.39 is 0 Å². The Bertz CT molecular complexity index is 3330. The summed E-state index contributed by atoms with van der Waals surface area (Å²) in [4.78, 5) is 5.42. The molecule has 1 aliphatic heterocycles. The summed E-state index contributed by atoms with van der Waals surface area (Å²) in [6, 6.07) is 51.5. The number of rotatable bonds is 3. The smallest absolute Gasteiger partial charge is 0.136 e. The first-order chi connectivity index (χ1) is 25.7. The maximum Gasteiger partial charge on any atom is 0.136 e. The number of thiophene rings is 1. The van der Waals surface area contributed by atoms with Crippen LogP contribution < -0.4 is 9.89 Å². The van der Waals surface area contributed by atoms with Crippen LogP contribution >= 0.6 is 11.3 Å². The second kappa shape index (κ2) is 11.2. The van der Waals surface area contributed by atoms with Crippen LogP contribution in [0, 0.1) is 12.3 Å². The van der Waals surface area contributed by atoms with Gasteiger partial charge < -0.3 is 8.98 Å². The highest BCUT2D eigenvalue weighted by Crippen LogP contribution is 2.40. The molecule has 10 aromatic rings. The first kappa shape index (κ1) is 29.1. The van der Waals surface area contributed by atoms with Crippen molar-refractivity contribution in [3.63, 3.8) is 0 Å². The van der Waals surface area contributed by atoms with E-state index in [-0.39, 0.29) is 0 Å². The highest BCUT2D eigenvalue weighted by molar-refractivity contribution is 7.16. The lowest BCUT2D eigenvalue weighted by molar-refractivity contribution is 0.669. The molecule has 0 saturated carbocycles. The highest BCUT2D eigenvalue weighted by Gasteiger charge is 2.20. The first-order valence-corrected chi connectivity index (χ1v) is 18.3. The van der Waals surface area contributed by atoms with Gasteiger partial charge in [0, 0.05) is 47.8 Å². The Hall–Kier alpha value is -6.67. The van der Waals surface area contributed by atoms with Crippen LogP contribution in [-0.4, -0.2) is 4.57 Å². The first-order valence-electron chi connectivity index (χ1n) is 17.5. The molecule has 1 aliphatic rings. The molecule has 0 aliphatic carbocycles. The average Bonchev–Trinajstić information content (AvgIpc) is 3.80. The number of nitrogens with zero attached hydrogens (tertiary/aromatic N) is 2. The molecular formula is C48H28N2OS. The molecule has 0 spiro atoms. The Morgan fingerprint density at radius 3 is 2.27 bits per heavy atom. The van der Waals surface area contributed by atoms with Crippen molar-refractivity contribution < 1.29 is 4.42 Å². The standard InChI is InChI=1S/C48H28N2OS/c1-2-32-38-28-45-40(35-15-7-10-18-44(35)51-45)27-31(38)21-24-42(32)50-41-17-9-6-14-34(41)39-26-30(20-25-43(39)50)33-22-23-37-36-16-8-11-19-46(36)52-48(37)49-47(33)29-12-4-3-5-13-29/h1,3-21,23-28H,22H2. The van der Waals surface area contributed by atoms with Crippen LogP contribution in [0.2, 0.25) is 0 Å². The number of aromatic nitrogens is 1. The predicted molar refractivity (Wildman–Crippen MR) is 218 cm³/mol. The van der Waals surface area contributed by atoms with Crippen molar-refractivity contribution in [2.45, 2.75) is 6.42 Å². The van der Waals surface area contributed by atoms with Crippen molar-refractivity contribution in [2.24, 2.45) is 4.99 Å². The van der Waals surface area contributed by atoms with Gasteiger partial charge in [0.2, 0.25) is 0 Å². The fourth-order valence-electron chi connectivity index (χ4n) is 8.18. The predicted octanol–water partition coefficient (Wildman–Crippen LogP) is 11.4. The minimum absolute atomic E-state index is 0.772. The van der Waals surface area contributed by atoms with Gasteiger partial charge in [0.25, 0.3) is 0 Å². The fraction of sp³-hybridized carbons (Fsp3) is 0.0208. The zero-order chi connectivity index (χ0) is 34.3. The summed E-state index contributed by atoms with van der Waals surface area (Å²) in [5, 5.41) is 9.13. The Labute approximate surface area is 302 Å². The number of para-hydroxylation sites is 2. The van der Waals surface area contributed by atoms with Gasteiger partial charge in [0.15, 0.2) is 0 Å². The summed E-state index contributed by atoms with van der Waals surface area (Å²) < 4.78 is 10.9. The van der Waals surface area contributed by atoms with Crippen LogP contribution in [0.3, 0.4) is 0 Å². The number of benzene rings is 7. The van der Waals surface area contributed by atoms with Crippen molar-refractivity contribution >= 4 is 93.3 Å². The summed E-state index contributed by atoms with van der Waals surface area (Å²) in [5.41, 5.74) is 10.3. The Morgan fingerprint density at radius 2 is 1.38 bits per heavy atom. The van der Waals surface area contributed by atoms with E-state index in [2.05, 4.69) is 144 Å². The van der Waals surface area contributed by atoms with E-state index in [0.717, 1.165) is 82.9 Å². The molecule has 0 bridgehead atoms. The van der Waals surface area contributed by atoms with Gasteiger partial charge in [-0.3, -0.25) is 0 Å². The van der Waals surface area contributed by atoms with Gasteiger partial charge in [0.1, 0.15) is 15.8 Å². The zero-order valence-corrected chi connectivity index (χ0v) is 28.7. The molecule has 0 unspecified atom stereocenters. The Morgan fingerprint density at radius 1 is 0.615 bits per heavy atom. The van der Waals surface area contributed by atoms with Gasteiger partial charge in [-0.1, -0.05) is 109 Å². The fourth-order valence-corrected chi connectivity index (χ4v) is 9.27. The van der Waals surface area contributed by atoms with Gasteiger partial charge in [-0.15, -0.1) is 17.8 Å². The van der Waals surface area contributed by atoms with Crippen LogP contribution in [0.5, 0.6) is 0 Å². The van der Waals surface area contributed by atoms with E-state index >= 15 is 0 Å². The number of furan rings is 1. The van der Waals surface area contributed by atoms with Crippen LogP contribution in [0.25, 0.3) is 87.6 Å². The molecule has 0 N–H and O–H groups in total. The average molecular weight is 681 g/mol. The van der Waals surface area contributed by atoms with Crippen molar-refractivity contribution in [3.05, 3.63) is 172 Å². The van der Waals surface area contributed by atoms with E-state index in [4.69, 9.17) is 15.8 Å². The third-order valence-corrected chi connectivity index (χ3v) is 11.7. The van der Waals surface area contributed by atoms with Crippen molar-refractivity contribution in [3.8, 4) is 18.0 Å². The SMILES string of the molecule is C#Cc1c(-n2c3ccccc3c3cc(C4=C(c5ccccc5)N=c5sc6ccccc6c5=CC4)ccc32)ccc2cc3c(cc12)oc1ccccc13. The number of hydrogen-bond acceptors (Lipinski definition) is 3. The highest BCUT2D eigenvalue weighted by atomic mass is 32.1. The lowest BCUT2D eigenvalue weighted by Crippen LogP contribution is -2.17. The van der Waals surface area contributed by atoms with Gasteiger partial charge >= 0.3 is 0 Å². The van der Waals surface area contributed by atoms with Crippen LogP contribution in [-0.2, 0) is 0 Å². The summed E-state index contributed by atoms with van der Waals surface area (Å²) in [6.45, 7) is 0. The molecule has 0 radical (unpaired) electrons. The Balaban J connectivity index is 1.15. The third kappa shape index (κ3) is 4.24. The van der Waals surface area contributed by atoms with Crippen molar-refractivity contribution in [1.82, 2.24) is 4.57 Å². The molecule has 242 valence electrons. The van der Waals surface area contributed by atoms with E-state index in [1.165, 1.54) is 31.7 Å². The minimum Gasteiger partial charge on any atom is -0.456 e. The second-order valence-corrected chi connectivity index (χ2v) is 14.4. The number of fused-ring (bicyclic) bond motifs is 10.